The third-order valence-corrected chi connectivity index (χ3v) is 4.98. The second-order valence-electron chi connectivity index (χ2n) is 7.82. The number of nitrogens with zero attached hydrogens (tertiary/aromatic N) is 4. The van der Waals surface area contributed by atoms with Crippen LogP contribution in [0.15, 0.2) is 29.0 Å². The molecular formula is C19H25BrN4O2. The highest BCUT2D eigenvalue weighted by Gasteiger charge is 2.36. The van der Waals surface area contributed by atoms with Crippen LogP contribution in [0.3, 0.4) is 0 Å². The zero-order chi connectivity index (χ0) is 19.1. The van der Waals surface area contributed by atoms with Crippen LogP contribution >= 0.6 is 15.9 Å². The number of ether oxygens (including phenoxy) is 1. The van der Waals surface area contributed by atoms with Crippen molar-refractivity contribution in [2.75, 3.05) is 18.0 Å². The van der Waals surface area contributed by atoms with Crippen molar-refractivity contribution in [2.45, 2.75) is 52.3 Å². The van der Waals surface area contributed by atoms with Crippen molar-refractivity contribution < 1.29 is 9.53 Å². The highest BCUT2D eigenvalue weighted by Crippen LogP contribution is 2.31. The maximum Gasteiger partial charge on any atom is 0.410 e. The number of halogens is 1. The molecule has 3 rings (SSSR count). The Labute approximate surface area is 162 Å². The molecule has 1 aliphatic rings. The Balaban J connectivity index is 1.86. The minimum atomic E-state index is -0.497. The van der Waals surface area contributed by atoms with Crippen LogP contribution in [0.2, 0.25) is 0 Å². The molecule has 0 aliphatic carbocycles. The molecule has 0 radical (unpaired) electrons. The molecule has 7 heteroatoms. The van der Waals surface area contributed by atoms with Gasteiger partial charge >= 0.3 is 6.09 Å². The van der Waals surface area contributed by atoms with Crippen LogP contribution in [-0.4, -0.2) is 51.7 Å². The van der Waals surface area contributed by atoms with Gasteiger partial charge in [0.25, 0.3) is 0 Å². The smallest absolute Gasteiger partial charge is 0.410 e. The quantitative estimate of drug-likeness (QED) is 0.690. The van der Waals surface area contributed by atoms with Gasteiger partial charge in [-0.05, 0) is 62.7 Å². The number of piperazine rings is 1. The van der Waals surface area contributed by atoms with Crippen molar-refractivity contribution in [3.8, 4) is 0 Å². The van der Waals surface area contributed by atoms with E-state index in [1.807, 2.05) is 51.7 Å². The van der Waals surface area contributed by atoms with E-state index in [0.29, 0.717) is 13.1 Å². The van der Waals surface area contributed by atoms with Crippen LogP contribution in [0.1, 0.15) is 34.6 Å². The minimum absolute atomic E-state index is 0.0192. The maximum atomic E-state index is 12.6. The summed E-state index contributed by atoms with van der Waals surface area (Å²) in [6.45, 7) is 11.2. The third-order valence-electron chi connectivity index (χ3n) is 4.40. The number of carbonyl (C=O) groups excluding carboxylic acids is 1. The van der Waals surface area contributed by atoms with Crippen LogP contribution in [-0.2, 0) is 4.74 Å². The molecule has 2 aromatic heterocycles. The summed E-state index contributed by atoms with van der Waals surface area (Å²) in [5, 5.41) is 1.01. The van der Waals surface area contributed by atoms with E-state index in [1.54, 1.807) is 12.4 Å². The van der Waals surface area contributed by atoms with Gasteiger partial charge < -0.3 is 9.64 Å². The molecule has 1 amide bonds. The summed E-state index contributed by atoms with van der Waals surface area (Å²) < 4.78 is 6.46. The Morgan fingerprint density at radius 3 is 2.50 bits per heavy atom. The molecule has 0 spiro atoms. The number of carbonyl (C=O) groups is 1. The monoisotopic (exact) mass is 420 g/mol. The Kier molecular flexibility index (Phi) is 5.10. The predicted octanol–water partition coefficient (Wildman–Crippen LogP) is 4.23. The molecule has 26 heavy (non-hydrogen) atoms. The predicted molar refractivity (Wildman–Crippen MR) is 106 cm³/mol. The molecule has 2 aromatic rings. The lowest BCUT2D eigenvalue weighted by molar-refractivity contribution is 0.00563. The third kappa shape index (κ3) is 3.77. The standard InChI is InChI=1S/C19H25BrN4O2/c1-12-10-23(11-13(2)24(12)18(25)26-19(3,4)5)17-14-7-6-8-21-16(14)15(20)9-22-17/h6-9,12-13H,10-11H2,1-5H3/t12-,13+. The summed E-state index contributed by atoms with van der Waals surface area (Å²) in [4.78, 5) is 25.7. The fraction of sp³-hybridized carbons (Fsp3) is 0.526. The van der Waals surface area contributed by atoms with E-state index >= 15 is 0 Å². The van der Waals surface area contributed by atoms with Crippen molar-refractivity contribution in [3.63, 3.8) is 0 Å². The van der Waals surface area contributed by atoms with E-state index in [4.69, 9.17) is 4.74 Å². The lowest BCUT2D eigenvalue weighted by Gasteiger charge is -2.45. The van der Waals surface area contributed by atoms with Gasteiger partial charge in [-0.1, -0.05) is 0 Å². The van der Waals surface area contributed by atoms with Gasteiger partial charge in [0.1, 0.15) is 11.4 Å². The molecule has 6 nitrogen and oxygen atoms in total. The van der Waals surface area contributed by atoms with E-state index in [2.05, 4.69) is 30.8 Å². The summed E-state index contributed by atoms with van der Waals surface area (Å²) in [5.74, 6) is 0.902. The van der Waals surface area contributed by atoms with Crippen molar-refractivity contribution in [1.29, 1.82) is 0 Å². The zero-order valence-electron chi connectivity index (χ0n) is 15.9. The van der Waals surface area contributed by atoms with Crippen LogP contribution < -0.4 is 4.90 Å². The normalized spacial score (nSPS) is 21.2. The number of hydrogen-bond donors (Lipinski definition) is 0. The highest BCUT2D eigenvalue weighted by molar-refractivity contribution is 9.10. The number of aromatic nitrogens is 2. The molecule has 1 saturated heterocycles. The Hall–Kier alpha value is -1.89. The van der Waals surface area contributed by atoms with Crippen LogP contribution in [0.25, 0.3) is 10.9 Å². The minimum Gasteiger partial charge on any atom is -0.444 e. The number of anilines is 1. The molecule has 3 heterocycles. The van der Waals surface area contributed by atoms with Gasteiger partial charge in [0.2, 0.25) is 0 Å². The lowest BCUT2D eigenvalue weighted by Crippen LogP contribution is -2.59. The summed E-state index contributed by atoms with van der Waals surface area (Å²) in [5.41, 5.74) is 0.398. The first kappa shape index (κ1) is 18.9. The first-order chi connectivity index (χ1) is 12.2. The number of fused-ring (bicyclic) bond motifs is 1. The first-order valence-electron chi connectivity index (χ1n) is 8.83. The maximum absolute atomic E-state index is 12.6. The van der Waals surface area contributed by atoms with Gasteiger partial charge in [-0.2, -0.15) is 0 Å². The van der Waals surface area contributed by atoms with Crippen molar-refractivity contribution in [1.82, 2.24) is 14.9 Å². The summed E-state index contributed by atoms with van der Waals surface area (Å²) in [6, 6.07) is 3.99. The first-order valence-corrected chi connectivity index (χ1v) is 9.62. The molecule has 140 valence electrons. The molecule has 0 unspecified atom stereocenters. The van der Waals surface area contributed by atoms with Crippen LogP contribution in [0, 0.1) is 0 Å². The summed E-state index contributed by atoms with van der Waals surface area (Å²) in [6.07, 6.45) is 3.32. The van der Waals surface area contributed by atoms with Crippen molar-refractivity contribution in [2.24, 2.45) is 0 Å². The highest BCUT2D eigenvalue weighted by atomic mass is 79.9. The fourth-order valence-electron chi connectivity index (χ4n) is 3.45. The van der Waals surface area contributed by atoms with Gasteiger partial charge in [-0.25, -0.2) is 9.78 Å². The topological polar surface area (TPSA) is 58.6 Å². The molecule has 1 fully saturated rings. The van der Waals surface area contributed by atoms with Crippen LogP contribution in [0.5, 0.6) is 0 Å². The fourth-order valence-corrected chi connectivity index (χ4v) is 3.87. The lowest BCUT2D eigenvalue weighted by atomic mass is 10.1. The second-order valence-corrected chi connectivity index (χ2v) is 8.67. The summed E-state index contributed by atoms with van der Waals surface area (Å²) >= 11 is 3.52. The summed E-state index contributed by atoms with van der Waals surface area (Å²) in [7, 11) is 0. The Morgan fingerprint density at radius 1 is 1.23 bits per heavy atom. The van der Waals surface area contributed by atoms with Gasteiger partial charge in [0.15, 0.2) is 0 Å². The second kappa shape index (κ2) is 7.02. The Bertz CT molecular complexity index is 809. The van der Waals surface area contributed by atoms with E-state index in [0.717, 1.165) is 21.2 Å². The molecule has 2 atom stereocenters. The zero-order valence-corrected chi connectivity index (χ0v) is 17.4. The van der Waals surface area contributed by atoms with E-state index < -0.39 is 5.60 Å². The van der Waals surface area contributed by atoms with Gasteiger partial charge in [-0.15, -0.1) is 0 Å². The molecule has 0 N–H and O–H groups in total. The average Bonchev–Trinajstić information content (AvgIpc) is 2.53. The van der Waals surface area contributed by atoms with Gasteiger partial charge in [0.05, 0.1) is 22.1 Å². The van der Waals surface area contributed by atoms with Crippen molar-refractivity contribution >= 4 is 38.7 Å². The molecule has 0 saturated carbocycles. The number of hydrogen-bond acceptors (Lipinski definition) is 5. The SMILES string of the molecule is C[C@@H]1CN(c2ncc(Br)c3ncccc23)C[C@H](C)N1C(=O)OC(C)(C)C. The number of pyridine rings is 2. The van der Waals surface area contributed by atoms with Crippen LogP contribution in [0.4, 0.5) is 10.6 Å². The largest absolute Gasteiger partial charge is 0.444 e. The average molecular weight is 421 g/mol. The Morgan fingerprint density at radius 2 is 1.88 bits per heavy atom. The molecule has 1 aliphatic heterocycles. The molecule has 0 bridgehead atoms. The van der Waals surface area contributed by atoms with E-state index in [1.165, 1.54) is 0 Å². The number of rotatable bonds is 1. The number of amides is 1. The van der Waals surface area contributed by atoms with Crippen molar-refractivity contribution in [3.05, 3.63) is 29.0 Å². The van der Waals surface area contributed by atoms with E-state index in [9.17, 15) is 4.79 Å². The van der Waals surface area contributed by atoms with Gasteiger partial charge in [-0.3, -0.25) is 9.88 Å². The molecule has 0 aromatic carbocycles. The molecular weight excluding hydrogens is 396 g/mol. The van der Waals surface area contributed by atoms with E-state index in [-0.39, 0.29) is 18.2 Å². The van der Waals surface area contributed by atoms with Gasteiger partial charge in [0, 0.05) is 30.9 Å².